The van der Waals surface area contributed by atoms with Gasteiger partial charge in [0.2, 0.25) is 5.91 Å². The van der Waals surface area contributed by atoms with Crippen LogP contribution in [0.5, 0.6) is 0 Å². The number of rotatable bonds is 11. The lowest BCUT2D eigenvalue weighted by atomic mass is 10.0. The Labute approximate surface area is 580 Å². The number of hydrogen-bond acceptors (Lipinski definition) is 13. The molecule has 3 aromatic carbocycles. The van der Waals surface area contributed by atoms with Gasteiger partial charge in [0.25, 0.3) is 23.3 Å². The molecule has 4 fully saturated rings. The van der Waals surface area contributed by atoms with E-state index >= 15 is 0 Å². The van der Waals surface area contributed by atoms with Crippen molar-refractivity contribution < 1.29 is 24.0 Å². The van der Waals surface area contributed by atoms with Crippen molar-refractivity contribution in [3.05, 3.63) is 202 Å². The third kappa shape index (κ3) is 13.8. The Morgan fingerprint density at radius 1 is 0.490 bits per heavy atom. The summed E-state index contributed by atoms with van der Waals surface area (Å²) in [6, 6.07) is 26.8. The number of benzene rings is 3. The molecule has 23 nitrogen and oxygen atoms in total. The van der Waals surface area contributed by atoms with Crippen molar-refractivity contribution in [2.24, 2.45) is 24.2 Å². The summed E-state index contributed by atoms with van der Waals surface area (Å²) in [6.45, 7) is 6.73. The molecule has 4 aliphatic heterocycles. The van der Waals surface area contributed by atoms with Gasteiger partial charge >= 0.3 is 6.03 Å². The summed E-state index contributed by atoms with van der Waals surface area (Å²) in [5.74, 6) is 0.231. The number of halogens is 6. The number of aromatic nitrogens is 7. The van der Waals surface area contributed by atoms with Crippen molar-refractivity contribution in [2.75, 3.05) is 76.9 Å². The van der Waals surface area contributed by atoms with Crippen molar-refractivity contribution >= 4 is 122 Å². The summed E-state index contributed by atoms with van der Waals surface area (Å²) in [5, 5.41) is 8.69. The molecular formula is C67H65Cl6N17O6. The third-order valence-corrected chi connectivity index (χ3v) is 19.3. The second kappa shape index (κ2) is 28.9. The number of carbonyl (C=O) groups excluding carboxylic acids is 5. The molecule has 6 amide bonds. The number of piperidine rings is 1. The number of urea groups is 1. The Morgan fingerprint density at radius 3 is 1.30 bits per heavy atom. The third-order valence-electron chi connectivity index (χ3n) is 17.6. The van der Waals surface area contributed by atoms with Gasteiger partial charge in [-0.1, -0.05) is 93.9 Å². The number of carbonyl (C=O) groups is 5. The lowest BCUT2D eigenvalue weighted by molar-refractivity contribution is -0.123. The zero-order valence-corrected chi connectivity index (χ0v) is 56.4. The lowest BCUT2D eigenvalue weighted by Crippen LogP contribution is -2.50. The molecule has 14 rings (SSSR count). The van der Waals surface area contributed by atoms with Crippen LogP contribution in [-0.4, -0.2) is 160 Å². The number of nitrogens with two attached hydrogens (primary N) is 3. The molecule has 4 aliphatic rings. The number of piperazine rings is 2. The van der Waals surface area contributed by atoms with E-state index in [-0.39, 0.29) is 54.4 Å². The fourth-order valence-corrected chi connectivity index (χ4v) is 14.1. The molecule has 496 valence electrons. The molecule has 7 aromatic heterocycles. The van der Waals surface area contributed by atoms with Crippen molar-refractivity contribution in [1.82, 2.24) is 63.0 Å². The van der Waals surface area contributed by atoms with Gasteiger partial charge in [-0.2, -0.15) is 0 Å². The molecule has 0 radical (unpaired) electrons. The lowest BCUT2D eigenvalue weighted by Gasteiger charge is -2.36. The van der Waals surface area contributed by atoms with E-state index in [1.165, 1.54) is 17.2 Å². The summed E-state index contributed by atoms with van der Waals surface area (Å²) < 4.78 is 6.91. The number of pyridine rings is 4. The quantitative estimate of drug-likeness (QED) is 0.0809. The molecule has 0 saturated carbocycles. The summed E-state index contributed by atoms with van der Waals surface area (Å²) in [5.41, 5.74) is 28.5. The Hall–Kier alpha value is -8.75. The van der Waals surface area contributed by atoms with E-state index in [0.29, 0.717) is 136 Å². The average molecular weight is 1420 g/mol. The fourth-order valence-electron chi connectivity index (χ4n) is 12.5. The first-order valence-corrected chi connectivity index (χ1v) is 33.1. The number of imidazole rings is 3. The van der Waals surface area contributed by atoms with Gasteiger partial charge in [0.1, 0.15) is 39.8 Å². The number of amides is 6. The van der Waals surface area contributed by atoms with E-state index < -0.39 is 0 Å². The van der Waals surface area contributed by atoms with Gasteiger partial charge in [-0.25, -0.2) is 19.7 Å². The van der Waals surface area contributed by atoms with Crippen LogP contribution in [0.2, 0.25) is 30.1 Å². The zero-order chi connectivity index (χ0) is 67.6. The molecule has 10 aromatic rings. The van der Waals surface area contributed by atoms with Crippen LogP contribution in [0.25, 0.3) is 50.3 Å². The number of likely N-dealkylation sites (tertiary alicyclic amines) is 1. The fraction of sp³-hybridized carbons (Fsp3) is 0.269. The first kappa shape index (κ1) is 67.2. The second-order valence-corrected chi connectivity index (χ2v) is 25.9. The molecule has 0 aliphatic carbocycles. The second-order valence-electron chi connectivity index (χ2n) is 23.3. The van der Waals surface area contributed by atoms with Crippen LogP contribution < -0.4 is 38.3 Å². The summed E-state index contributed by atoms with van der Waals surface area (Å²) in [6.07, 6.45) is 11.8. The normalized spacial score (nSPS) is 15.2. The van der Waals surface area contributed by atoms with Crippen LogP contribution in [0.3, 0.4) is 0 Å². The maximum atomic E-state index is 13.5. The smallest absolute Gasteiger partial charge is 0.317 e. The predicted molar refractivity (Wildman–Crippen MR) is 373 cm³/mol. The molecule has 4 saturated heterocycles. The molecule has 96 heavy (non-hydrogen) atoms. The van der Waals surface area contributed by atoms with E-state index in [0.717, 1.165) is 75.3 Å². The number of fused-ring (bicyclic) bond motifs is 3. The van der Waals surface area contributed by atoms with Crippen molar-refractivity contribution in [2.45, 2.75) is 38.5 Å². The van der Waals surface area contributed by atoms with Gasteiger partial charge in [0.15, 0.2) is 0 Å². The molecule has 0 bridgehead atoms. The zero-order valence-electron chi connectivity index (χ0n) is 51.8. The van der Waals surface area contributed by atoms with Crippen LogP contribution in [0.4, 0.5) is 10.6 Å². The number of nitrogens with zero attached hydrogens (tertiary/aromatic N) is 12. The van der Waals surface area contributed by atoms with Gasteiger partial charge in [-0.3, -0.25) is 41.7 Å². The van der Waals surface area contributed by atoms with Gasteiger partial charge < -0.3 is 52.3 Å². The van der Waals surface area contributed by atoms with Crippen LogP contribution in [0.1, 0.15) is 61.0 Å². The van der Waals surface area contributed by atoms with Crippen LogP contribution >= 0.6 is 69.6 Å². The van der Waals surface area contributed by atoms with E-state index in [2.05, 4.69) is 30.5 Å². The van der Waals surface area contributed by atoms with E-state index in [1.807, 2.05) is 69.6 Å². The van der Waals surface area contributed by atoms with Crippen LogP contribution in [0.15, 0.2) is 133 Å². The standard InChI is InChI=1S/C25H24Cl2N6O2.C23H24Cl2N6O2.C19H17Cl2N5O2/c1-30-23(3-2-4-24(30)34)31-7-9-32(10-8-31)25(35)21-14-29-22-11-16(13-28)19(15-33(21)22)18-6-5-17(26)12-20(18)27;24-15-1-2-17(19(25)10-15)18-13-31-20(12-28-21(31)9-14(18)11-26)22(32)29-6-3-16(4-7-29)30-8-5-27-23(30)33;20-12-1-2-13(15(21)6-12)14-9-26-16(8-24-17(26)5-11(14)7-22)19(28)25-4-3-23-18(27)10-25/h2-6,11-12,14-15H,7-10,13,28H2,1H3;1-2,9-10,12-13,16H,3-8,11,26H2,(H,27,33);1-2,5-6,8-9H,3-4,7,10,22H2,(H,23,27). The Morgan fingerprint density at radius 2 is 0.906 bits per heavy atom. The molecular weight excluding hydrogens is 1350 g/mol. The van der Waals surface area contributed by atoms with Crippen molar-refractivity contribution in [3.8, 4) is 33.4 Å². The van der Waals surface area contributed by atoms with E-state index in [1.54, 1.807) is 85.9 Å². The van der Waals surface area contributed by atoms with Crippen molar-refractivity contribution in [3.63, 3.8) is 0 Å². The predicted octanol–water partition coefficient (Wildman–Crippen LogP) is 9.16. The number of nitrogens with one attached hydrogen (secondary N) is 2. The van der Waals surface area contributed by atoms with Gasteiger partial charge in [0.05, 0.1) is 25.1 Å². The maximum Gasteiger partial charge on any atom is 0.317 e. The first-order valence-electron chi connectivity index (χ1n) is 30.9. The number of hydrogen-bond donors (Lipinski definition) is 5. The highest BCUT2D eigenvalue weighted by atomic mass is 35.5. The minimum atomic E-state index is -0.254. The molecule has 0 spiro atoms. The average Bonchev–Trinajstić information content (AvgIpc) is 1.62. The molecule has 0 unspecified atom stereocenters. The molecule has 29 heteroatoms. The minimum Gasteiger partial charge on any atom is -0.354 e. The topological polar surface area (TPSA) is 278 Å². The highest BCUT2D eigenvalue weighted by Crippen LogP contribution is 2.37. The minimum absolute atomic E-state index is 0.00865. The molecule has 11 heterocycles. The van der Waals surface area contributed by atoms with Gasteiger partial charge in [-0.15, -0.1) is 0 Å². The Balaban J connectivity index is 0.000000138. The first-order chi connectivity index (χ1) is 46.3. The largest absolute Gasteiger partial charge is 0.354 e. The summed E-state index contributed by atoms with van der Waals surface area (Å²) in [4.78, 5) is 97.8. The summed E-state index contributed by atoms with van der Waals surface area (Å²) in [7, 11) is 1.76. The molecule has 0 atom stereocenters. The van der Waals surface area contributed by atoms with Crippen molar-refractivity contribution in [1.29, 1.82) is 0 Å². The highest BCUT2D eigenvalue weighted by Gasteiger charge is 2.34. The van der Waals surface area contributed by atoms with Crippen LogP contribution in [-0.2, 0) is 31.5 Å². The van der Waals surface area contributed by atoms with E-state index in [9.17, 15) is 28.8 Å². The van der Waals surface area contributed by atoms with E-state index in [4.69, 9.17) is 86.8 Å². The van der Waals surface area contributed by atoms with Gasteiger partial charge in [0, 0.05) is 186 Å². The van der Waals surface area contributed by atoms with Gasteiger partial charge in [-0.05, 0) is 90.2 Å². The SMILES string of the molecule is Cn1c(N2CCN(C(=O)c3cnc4cc(CN)c(-c5ccc(Cl)cc5Cl)cn34)CC2)cccc1=O.NCc1cc2ncc(C(=O)N3CCC(N4CCNC4=O)CC3)n2cc1-c1ccc(Cl)cc1Cl.NCc1cc2ncc(C(=O)N3CCNC(=O)C3)n2cc1-c1ccc(Cl)cc1Cl. The summed E-state index contributed by atoms with van der Waals surface area (Å²) >= 11 is 37.5. The Bertz CT molecular complexity index is 4750. The molecule has 8 N–H and O–H groups in total. The Kier molecular flexibility index (Phi) is 20.2. The maximum absolute atomic E-state index is 13.5. The van der Waals surface area contributed by atoms with Crippen LogP contribution in [0, 0.1) is 0 Å². The number of anilines is 1. The monoisotopic (exact) mass is 1410 g/mol. The highest BCUT2D eigenvalue weighted by molar-refractivity contribution is 6.37.